The minimum Gasteiger partial charge on any atom is -0.378 e. The van der Waals surface area contributed by atoms with E-state index in [2.05, 4.69) is 38.7 Å². The summed E-state index contributed by atoms with van der Waals surface area (Å²) < 4.78 is 13.8. The highest BCUT2D eigenvalue weighted by Crippen LogP contribution is 2.43. The zero-order valence-electron chi connectivity index (χ0n) is 19.6. The molecule has 0 spiro atoms. The number of rotatable bonds is 7. The number of nitrogens with one attached hydrogen (secondary N) is 4. The maximum absolute atomic E-state index is 13.8. The number of hydrogen-bond donors (Lipinski definition) is 4. The first kappa shape index (κ1) is 23.4. The average molecular weight is 511 g/mol. The Hall–Kier alpha value is -3.99. The molecule has 2 heterocycles. The Morgan fingerprint density at radius 3 is 2.62 bits per heavy atom. The quantitative estimate of drug-likeness (QED) is 0.351. The lowest BCUT2D eigenvalue weighted by molar-refractivity contribution is 0.260. The molecule has 0 saturated heterocycles. The molecular weight excluding hydrogens is 490 g/mol. The van der Waals surface area contributed by atoms with Crippen molar-refractivity contribution in [1.29, 1.82) is 10.5 Å². The van der Waals surface area contributed by atoms with Crippen LogP contribution in [-0.4, -0.2) is 29.4 Å². The van der Waals surface area contributed by atoms with E-state index in [1.165, 1.54) is 18.3 Å². The van der Waals surface area contributed by atoms with Crippen molar-refractivity contribution in [3.8, 4) is 12.1 Å². The van der Waals surface area contributed by atoms with Gasteiger partial charge in [0.2, 0.25) is 0 Å². The van der Waals surface area contributed by atoms with Crippen molar-refractivity contribution < 1.29 is 4.39 Å². The number of hydrazine groups is 2. The Morgan fingerprint density at radius 1 is 1.22 bits per heavy atom. The standard InChI is InChI=1S/C26H21BClFN8/c27-26(16-1-3-17(29)4-2-16,22-13-37(36-35-22)19-5-6-19)33-18-9-20-23(34-25(14-31)7-8-25)15(11-30)12-32-24(20)21(28)10-18/h1-4,9-10,12-13,19,33,35-36H,5-8H2,(H,32,34). The van der Waals surface area contributed by atoms with Crippen molar-refractivity contribution in [1.82, 2.24) is 21.0 Å². The smallest absolute Gasteiger partial charge is 0.125 e. The Bertz CT molecular complexity index is 1520. The van der Waals surface area contributed by atoms with Gasteiger partial charge >= 0.3 is 0 Å². The minimum atomic E-state index is -1.29. The van der Waals surface area contributed by atoms with Crippen molar-refractivity contribution in [2.45, 2.75) is 42.7 Å². The Morgan fingerprint density at radius 2 is 1.97 bits per heavy atom. The number of pyridine rings is 1. The Balaban J connectivity index is 1.46. The van der Waals surface area contributed by atoms with Crippen LogP contribution in [0.5, 0.6) is 0 Å². The van der Waals surface area contributed by atoms with Gasteiger partial charge in [-0.15, -0.1) is 5.53 Å². The van der Waals surface area contributed by atoms with E-state index in [4.69, 9.17) is 19.4 Å². The molecule has 2 fully saturated rings. The average Bonchev–Trinajstić information content (AvgIpc) is 3.83. The summed E-state index contributed by atoms with van der Waals surface area (Å²) >= 11 is 6.66. The molecule has 4 N–H and O–H groups in total. The van der Waals surface area contributed by atoms with Gasteiger partial charge in [0, 0.05) is 29.5 Å². The van der Waals surface area contributed by atoms with Crippen molar-refractivity contribution in [3.63, 3.8) is 0 Å². The van der Waals surface area contributed by atoms with Gasteiger partial charge in [0.1, 0.15) is 25.3 Å². The first-order valence-corrected chi connectivity index (χ1v) is 12.3. The van der Waals surface area contributed by atoms with Gasteiger partial charge < -0.3 is 16.1 Å². The number of hydrogen-bond acceptors (Lipinski definition) is 8. The van der Waals surface area contributed by atoms with Crippen molar-refractivity contribution in [2.24, 2.45) is 0 Å². The molecule has 1 atom stereocenters. The Labute approximate surface area is 219 Å². The van der Waals surface area contributed by atoms with Gasteiger partial charge in [0.05, 0.1) is 39.0 Å². The fourth-order valence-electron chi connectivity index (χ4n) is 4.49. The van der Waals surface area contributed by atoms with E-state index in [0.717, 1.165) is 12.8 Å². The van der Waals surface area contributed by atoms with Gasteiger partial charge in [-0.1, -0.05) is 23.7 Å². The molecular formula is C26H21BClFN8. The van der Waals surface area contributed by atoms with Crippen LogP contribution in [0.25, 0.3) is 10.9 Å². The van der Waals surface area contributed by atoms with E-state index in [1.807, 2.05) is 11.2 Å². The van der Waals surface area contributed by atoms with Crippen LogP contribution in [0.2, 0.25) is 5.02 Å². The normalized spacial score (nSPS) is 19.2. The maximum atomic E-state index is 13.8. The molecule has 182 valence electrons. The molecule has 8 nitrogen and oxygen atoms in total. The molecule has 3 aromatic rings. The molecule has 3 aliphatic rings. The molecule has 0 bridgehead atoms. The second-order valence-electron chi connectivity index (χ2n) is 9.69. The van der Waals surface area contributed by atoms with Crippen molar-refractivity contribution in [3.05, 3.63) is 76.5 Å². The number of halogens is 2. The van der Waals surface area contributed by atoms with E-state index < -0.39 is 11.0 Å². The molecule has 1 unspecified atom stereocenters. The fourth-order valence-corrected chi connectivity index (χ4v) is 4.76. The van der Waals surface area contributed by atoms with Gasteiger partial charge in [-0.2, -0.15) is 10.5 Å². The molecule has 2 saturated carbocycles. The van der Waals surface area contributed by atoms with E-state index in [0.29, 0.717) is 63.0 Å². The summed E-state index contributed by atoms with van der Waals surface area (Å²) in [6, 6.07) is 14.3. The van der Waals surface area contributed by atoms with E-state index in [9.17, 15) is 14.9 Å². The second kappa shape index (κ2) is 8.55. The SMILES string of the molecule is [B]C(Nc1cc(Cl)c2ncc(C#N)c(NC3(C#N)CC3)c2c1)(C1=CN(C2CC2)NN1)c1ccc(F)cc1. The zero-order valence-corrected chi connectivity index (χ0v) is 20.4. The fraction of sp³-hybridized carbons (Fsp3) is 0.269. The first-order valence-electron chi connectivity index (χ1n) is 11.9. The van der Waals surface area contributed by atoms with Gasteiger partial charge in [-0.05, 0) is 55.5 Å². The van der Waals surface area contributed by atoms with E-state index in [1.54, 1.807) is 24.3 Å². The van der Waals surface area contributed by atoms with E-state index in [-0.39, 0.29) is 5.82 Å². The zero-order chi connectivity index (χ0) is 25.8. The second-order valence-corrected chi connectivity index (χ2v) is 10.1. The molecule has 6 rings (SSSR count). The molecule has 1 aromatic heterocycles. The predicted octanol–water partition coefficient (Wildman–Crippen LogP) is 4.13. The van der Waals surface area contributed by atoms with Crippen LogP contribution in [0.15, 0.2) is 54.5 Å². The number of fused-ring (bicyclic) bond motifs is 1. The maximum Gasteiger partial charge on any atom is 0.125 e. The number of anilines is 2. The largest absolute Gasteiger partial charge is 0.378 e. The van der Waals surface area contributed by atoms with E-state index >= 15 is 0 Å². The predicted molar refractivity (Wildman–Crippen MR) is 139 cm³/mol. The van der Waals surface area contributed by atoms with Crippen molar-refractivity contribution in [2.75, 3.05) is 10.6 Å². The van der Waals surface area contributed by atoms with Crippen molar-refractivity contribution >= 4 is 41.7 Å². The van der Waals surface area contributed by atoms with Crippen LogP contribution in [0, 0.1) is 28.5 Å². The number of nitriles is 2. The van der Waals surface area contributed by atoms with Crippen LogP contribution in [0.1, 0.15) is 36.8 Å². The summed E-state index contributed by atoms with van der Waals surface area (Å²) in [5, 5.41) is 28.9. The van der Waals surface area contributed by atoms with Crippen LogP contribution in [-0.2, 0) is 5.44 Å². The van der Waals surface area contributed by atoms with Gasteiger partial charge in [0.25, 0.3) is 0 Å². The van der Waals surface area contributed by atoms with Gasteiger partial charge in [-0.25, -0.2) is 4.39 Å². The summed E-state index contributed by atoms with van der Waals surface area (Å²) in [6.07, 6.45) is 6.88. The molecule has 37 heavy (non-hydrogen) atoms. The summed E-state index contributed by atoms with van der Waals surface area (Å²) in [5.74, 6) is -0.372. The number of aromatic nitrogens is 1. The monoisotopic (exact) mass is 510 g/mol. The highest BCUT2D eigenvalue weighted by atomic mass is 35.5. The van der Waals surface area contributed by atoms with Crippen LogP contribution < -0.4 is 21.6 Å². The van der Waals surface area contributed by atoms with Crippen LogP contribution in [0.3, 0.4) is 0 Å². The molecule has 0 amide bonds. The third-order valence-corrected chi connectivity index (χ3v) is 7.26. The third-order valence-electron chi connectivity index (χ3n) is 6.97. The minimum absolute atomic E-state index is 0.309. The third kappa shape index (κ3) is 4.19. The van der Waals surface area contributed by atoms with Crippen LogP contribution >= 0.6 is 11.6 Å². The lowest BCUT2D eigenvalue weighted by Gasteiger charge is -2.34. The molecule has 2 aliphatic carbocycles. The van der Waals surface area contributed by atoms with Gasteiger partial charge in [0.15, 0.2) is 0 Å². The van der Waals surface area contributed by atoms with Crippen LogP contribution in [0.4, 0.5) is 15.8 Å². The summed E-state index contributed by atoms with van der Waals surface area (Å²) in [7, 11) is 7.01. The van der Waals surface area contributed by atoms with Gasteiger partial charge in [-0.3, -0.25) is 9.99 Å². The lowest BCUT2D eigenvalue weighted by Crippen LogP contribution is -2.45. The first-order chi connectivity index (χ1) is 17.8. The number of benzene rings is 2. The summed E-state index contributed by atoms with van der Waals surface area (Å²) in [4.78, 5) is 4.39. The topological polar surface area (TPSA) is 112 Å². The highest BCUT2D eigenvalue weighted by molar-refractivity contribution is 6.36. The summed E-state index contributed by atoms with van der Waals surface area (Å²) in [5.41, 5.74) is 7.38. The Kier molecular flexibility index (Phi) is 5.41. The molecule has 1 aliphatic heterocycles. The molecule has 2 aromatic carbocycles. The molecule has 11 heteroatoms. The number of nitrogens with zero attached hydrogens (tertiary/aromatic N) is 4. The highest BCUT2D eigenvalue weighted by Gasteiger charge is 2.44. The molecule has 2 radical (unpaired) electrons. The lowest BCUT2D eigenvalue weighted by atomic mass is 9.69. The summed E-state index contributed by atoms with van der Waals surface area (Å²) in [6.45, 7) is 0.